The minimum atomic E-state index is -3.68. The second kappa shape index (κ2) is 7.94. The van der Waals surface area contributed by atoms with Crippen LogP contribution in [0.15, 0.2) is 32.0 Å². The smallest absolute Gasteiger partial charge is 0.242 e. The molecule has 0 aromatic heterocycles. The van der Waals surface area contributed by atoms with Crippen molar-refractivity contribution in [2.24, 2.45) is 0 Å². The molecule has 1 aromatic rings. The maximum absolute atomic E-state index is 12.6. The van der Waals surface area contributed by atoms with Crippen molar-refractivity contribution in [3.05, 3.63) is 27.1 Å². The summed E-state index contributed by atoms with van der Waals surface area (Å²) < 4.78 is 34.4. The highest BCUT2D eigenvalue weighted by atomic mass is 79.9. The van der Waals surface area contributed by atoms with E-state index in [1.807, 2.05) is 6.92 Å². The zero-order valence-corrected chi connectivity index (χ0v) is 16.5. The number of sulfonamides is 1. The quantitative estimate of drug-likeness (QED) is 0.651. The van der Waals surface area contributed by atoms with E-state index in [-0.39, 0.29) is 17.0 Å². The summed E-state index contributed by atoms with van der Waals surface area (Å²) in [6, 6.07) is 4.55. The Kier molecular flexibility index (Phi) is 6.45. The van der Waals surface area contributed by atoms with Gasteiger partial charge in [0.25, 0.3) is 0 Å². The van der Waals surface area contributed by atoms with Gasteiger partial charge >= 0.3 is 0 Å². The van der Waals surface area contributed by atoms with Crippen molar-refractivity contribution in [3.63, 3.8) is 0 Å². The van der Waals surface area contributed by atoms with Gasteiger partial charge in [-0.2, -0.15) is 5.26 Å². The molecule has 0 amide bonds. The summed E-state index contributed by atoms with van der Waals surface area (Å²) in [5.41, 5.74) is 0. The van der Waals surface area contributed by atoms with Crippen LogP contribution in [0, 0.1) is 11.5 Å². The number of nitriles is 1. The van der Waals surface area contributed by atoms with Gasteiger partial charge in [-0.1, -0.05) is 15.9 Å². The number of nitrogens with one attached hydrogen (secondary N) is 1. The van der Waals surface area contributed by atoms with Crippen LogP contribution in [-0.2, 0) is 14.8 Å². The highest BCUT2D eigenvalue weighted by Crippen LogP contribution is 2.27. The normalized spacial score (nSPS) is 21.4. The molecule has 2 unspecified atom stereocenters. The molecule has 6 nitrogen and oxygen atoms in total. The summed E-state index contributed by atoms with van der Waals surface area (Å²) in [5, 5.41) is 9.18. The summed E-state index contributed by atoms with van der Waals surface area (Å²) >= 11 is 6.54. The molecule has 1 aliphatic heterocycles. The lowest BCUT2D eigenvalue weighted by atomic mass is 10.2. The number of rotatable bonds is 6. The molecule has 1 N–H and O–H groups in total. The fourth-order valence-electron chi connectivity index (χ4n) is 2.50. The van der Waals surface area contributed by atoms with E-state index in [9.17, 15) is 13.7 Å². The van der Waals surface area contributed by atoms with Crippen molar-refractivity contribution in [2.45, 2.75) is 30.3 Å². The molecule has 1 heterocycles. The Morgan fingerprint density at radius 1 is 1.48 bits per heavy atom. The Balaban J connectivity index is 2.12. The first kappa shape index (κ1) is 18.7. The molecule has 0 saturated carbocycles. The van der Waals surface area contributed by atoms with Gasteiger partial charge in [-0.05, 0) is 47.5 Å². The molecular formula is C14H17Br2N3O3S. The maximum Gasteiger partial charge on any atom is 0.242 e. The molecule has 23 heavy (non-hydrogen) atoms. The molecule has 1 fully saturated rings. The van der Waals surface area contributed by atoms with Crippen LogP contribution in [0.5, 0.6) is 0 Å². The Hall–Kier alpha value is -0.660. The predicted molar refractivity (Wildman–Crippen MR) is 93.2 cm³/mol. The third-order valence-electron chi connectivity index (χ3n) is 3.56. The molecule has 1 aliphatic rings. The van der Waals surface area contributed by atoms with E-state index in [1.54, 1.807) is 23.1 Å². The molecule has 126 valence electrons. The lowest BCUT2D eigenvalue weighted by Crippen LogP contribution is -2.36. The van der Waals surface area contributed by atoms with Crippen molar-refractivity contribution < 1.29 is 13.2 Å². The lowest BCUT2D eigenvalue weighted by molar-refractivity contribution is 0.103. The molecule has 2 rings (SSSR count). The predicted octanol–water partition coefficient (Wildman–Crippen LogP) is 2.45. The SMILES string of the molecule is CCOCC1CC(NS(=O)(=O)c2cc(Br)ccc2Br)CN1C#N. The maximum atomic E-state index is 12.6. The van der Waals surface area contributed by atoms with Crippen molar-refractivity contribution in [1.82, 2.24) is 9.62 Å². The van der Waals surface area contributed by atoms with Gasteiger partial charge in [0.15, 0.2) is 6.19 Å². The van der Waals surface area contributed by atoms with Crippen molar-refractivity contribution in [2.75, 3.05) is 19.8 Å². The zero-order valence-electron chi connectivity index (χ0n) is 12.5. The van der Waals surface area contributed by atoms with E-state index < -0.39 is 10.0 Å². The summed E-state index contributed by atoms with van der Waals surface area (Å²) in [6.07, 6.45) is 2.64. The van der Waals surface area contributed by atoms with Gasteiger partial charge in [-0.15, -0.1) is 0 Å². The van der Waals surface area contributed by atoms with Crippen molar-refractivity contribution in [1.29, 1.82) is 5.26 Å². The second-order valence-electron chi connectivity index (χ2n) is 5.19. The highest BCUT2D eigenvalue weighted by Gasteiger charge is 2.34. The fraction of sp³-hybridized carbons (Fsp3) is 0.500. The van der Waals surface area contributed by atoms with E-state index in [1.165, 1.54) is 0 Å². The van der Waals surface area contributed by atoms with Crippen molar-refractivity contribution >= 4 is 41.9 Å². The van der Waals surface area contributed by atoms with Gasteiger partial charge < -0.3 is 9.64 Å². The van der Waals surface area contributed by atoms with Crippen LogP contribution in [0.2, 0.25) is 0 Å². The van der Waals surface area contributed by atoms with E-state index in [0.29, 0.717) is 35.1 Å². The first-order valence-electron chi connectivity index (χ1n) is 7.09. The van der Waals surface area contributed by atoms with E-state index in [0.717, 1.165) is 0 Å². The number of hydrogen-bond donors (Lipinski definition) is 1. The molecule has 0 aliphatic carbocycles. The molecule has 1 saturated heterocycles. The molecular weight excluding hydrogens is 450 g/mol. The second-order valence-corrected chi connectivity index (χ2v) is 8.65. The average molecular weight is 467 g/mol. The van der Waals surface area contributed by atoms with Crippen LogP contribution in [0.1, 0.15) is 13.3 Å². The van der Waals surface area contributed by atoms with Gasteiger partial charge in [-0.3, -0.25) is 0 Å². The van der Waals surface area contributed by atoms with Gasteiger partial charge in [0.2, 0.25) is 10.0 Å². The number of ether oxygens (including phenoxy) is 1. The average Bonchev–Trinajstić information content (AvgIpc) is 2.88. The molecule has 9 heteroatoms. The number of halogens is 2. The Morgan fingerprint density at radius 2 is 2.22 bits per heavy atom. The molecule has 0 spiro atoms. The van der Waals surface area contributed by atoms with Crippen LogP contribution in [0.4, 0.5) is 0 Å². The minimum absolute atomic E-state index is 0.0985. The summed E-state index contributed by atoms with van der Waals surface area (Å²) in [6.45, 7) is 3.22. The number of benzene rings is 1. The van der Waals surface area contributed by atoms with E-state index in [4.69, 9.17) is 4.74 Å². The molecule has 1 aromatic carbocycles. The Morgan fingerprint density at radius 3 is 2.87 bits per heavy atom. The van der Waals surface area contributed by atoms with E-state index in [2.05, 4.69) is 42.8 Å². The highest BCUT2D eigenvalue weighted by molar-refractivity contribution is 9.11. The third-order valence-corrected chi connectivity index (χ3v) is 6.57. The van der Waals surface area contributed by atoms with E-state index >= 15 is 0 Å². The largest absolute Gasteiger partial charge is 0.380 e. The van der Waals surface area contributed by atoms with Crippen LogP contribution in [0.3, 0.4) is 0 Å². The molecule has 0 radical (unpaired) electrons. The third kappa shape index (κ3) is 4.67. The van der Waals surface area contributed by atoms with Crippen LogP contribution in [0.25, 0.3) is 0 Å². The van der Waals surface area contributed by atoms with Gasteiger partial charge in [0.1, 0.15) is 0 Å². The Bertz CT molecular complexity index is 706. The summed E-state index contributed by atoms with van der Waals surface area (Å²) in [4.78, 5) is 1.74. The van der Waals surface area contributed by atoms with Crippen LogP contribution >= 0.6 is 31.9 Å². The monoisotopic (exact) mass is 465 g/mol. The zero-order chi connectivity index (χ0) is 17.0. The van der Waals surface area contributed by atoms with Crippen LogP contribution < -0.4 is 4.72 Å². The first-order valence-corrected chi connectivity index (χ1v) is 10.2. The van der Waals surface area contributed by atoms with Crippen LogP contribution in [-0.4, -0.2) is 45.2 Å². The van der Waals surface area contributed by atoms with Gasteiger partial charge in [0, 0.05) is 28.1 Å². The topological polar surface area (TPSA) is 82.4 Å². The fourth-order valence-corrected chi connectivity index (χ4v) is 5.24. The number of hydrogen-bond acceptors (Lipinski definition) is 5. The van der Waals surface area contributed by atoms with Crippen molar-refractivity contribution in [3.8, 4) is 6.19 Å². The van der Waals surface area contributed by atoms with Gasteiger partial charge in [-0.25, -0.2) is 13.1 Å². The Labute approximate surface area is 153 Å². The summed E-state index contributed by atoms with van der Waals surface area (Å²) in [5.74, 6) is 0. The standard InChI is InChI=1S/C14H17Br2N3O3S/c1-2-22-8-12-6-11(7-19(12)9-17)18-23(20,21)14-5-10(15)3-4-13(14)16/h3-5,11-12,18H,2,6-8H2,1H3. The summed E-state index contributed by atoms with van der Waals surface area (Å²) in [7, 11) is -3.68. The number of nitrogens with zero attached hydrogens (tertiary/aromatic N) is 2. The molecule has 0 bridgehead atoms. The lowest BCUT2D eigenvalue weighted by Gasteiger charge is -2.16. The first-order chi connectivity index (χ1) is 10.9. The number of likely N-dealkylation sites (tertiary alicyclic amines) is 1. The minimum Gasteiger partial charge on any atom is -0.380 e. The van der Waals surface area contributed by atoms with Gasteiger partial charge in [0.05, 0.1) is 17.5 Å². The molecule has 2 atom stereocenters.